The number of halogens is 1. The Bertz CT molecular complexity index is 967. The van der Waals surface area contributed by atoms with Gasteiger partial charge in [0.25, 0.3) is 11.6 Å². The maximum atomic E-state index is 12.5. The summed E-state index contributed by atoms with van der Waals surface area (Å²) >= 11 is 4.67. The van der Waals surface area contributed by atoms with Crippen LogP contribution in [0.25, 0.3) is 17.4 Å². The van der Waals surface area contributed by atoms with E-state index in [1.807, 2.05) is 13.8 Å². The van der Waals surface area contributed by atoms with Crippen molar-refractivity contribution < 1.29 is 14.1 Å². The largest absolute Gasteiger partial charge is 0.457 e. The van der Waals surface area contributed by atoms with Gasteiger partial charge in [0, 0.05) is 41.3 Å². The molecule has 0 atom stereocenters. The average molecular weight is 450 g/mol. The van der Waals surface area contributed by atoms with Gasteiger partial charge in [0.2, 0.25) is 0 Å². The summed E-state index contributed by atoms with van der Waals surface area (Å²) in [6.07, 6.45) is 1.69. The zero-order valence-electron chi connectivity index (χ0n) is 14.6. The van der Waals surface area contributed by atoms with E-state index >= 15 is 0 Å². The van der Waals surface area contributed by atoms with Crippen LogP contribution in [0.2, 0.25) is 0 Å². The van der Waals surface area contributed by atoms with E-state index < -0.39 is 4.92 Å². The van der Waals surface area contributed by atoms with Gasteiger partial charge in [-0.3, -0.25) is 24.8 Å². The molecule has 0 unspecified atom stereocenters. The normalized spacial score (nSPS) is 17.3. The number of furan rings is 1. The van der Waals surface area contributed by atoms with Gasteiger partial charge in [0.15, 0.2) is 5.17 Å². The van der Waals surface area contributed by atoms with E-state index in [2.05, 4.69) is 20.9 Å². The van der Waals surface area contributed by atoms with Crippen molar-refractivity contribution in [2.45, 2.75) is 13.8 Å². The minimum absolute atomic E-state index is 0.00475. The van der Waals surface area contributed by atoms with Gasteiger partial charge in [-0.05, 0) is 59.7 Å². The Labute approximate surface area is 168 Å². The zero-order valence-corrected chi connectivity index (χ0v) is 17.0. The highest BCUT2D eigenvalue weighted by Crippen LogP contribution is 2.35. The van der Waals surface area contributed by atoms with Crippen LogP contribution in [0, 0.1) is 10.1 Å². The number of nitro groups is 1. The second kappa shape index (κ2) is 8.10. The second-order valence-corrected chi connectivity index (χ2v) is 7.40. The van der Waals surface area contributed by atoms with Crippen molar-refractivity contribution >= 4 is 50.5 Å². The van der Waals surface area contributed by atoms with E-state index in [4.69, 9.17) is 4.42 Å². The topological polar surface area (TPSA) is 89.0 Å². The summed E-state index contributed by atoms with van der Waals surface area (Å²) in [5.74, 6) is 0.984. The van der Waals surface area contributed by atoms with Gasteiger partial charge in [-0.15, -0.1) is 0 Å². The third-order valence-corrected chi connectivity index (χ3v) is 5.53. The second-order valence-electron chi connectivity index (χ2n) is 5.54. The number of amides is 1. The van der Waals surface area contributed by atoms with Gasteiger partial charge in [-0.1, -0.05) is 0 Å². The molecule has 1 aliphatic heterocycles. The highest BCUT2D eigenvalue weighted by Gasteiger charge is 2.32. The molecule has 1 aromatic carbocycles. The standard InChI is InChI=1S/C18H16BrN3O4S/c1-3-20-18-21(4-2)17(23)16(27-18)10-12-6-8-15(26-12)13-7-5-11(22(24)25)9-14(13)19/h5-10H,3-4H2,1-2H3/b16-10-,20-18?. The first-order valence-corrected chi connectivity index (χ1v) is 9.85. The first kappa shape index (κ1) is 19.4. The molecule has 140 valence electrons. The van der Waals surface area contributed by atoms with Crippen LogP contribution in [0.3, 0.4) is 0 Å². The Kier molecular flexibility index (Phi) is 5.81. The van der Waals surface area contributed by atoms with Crippen LogP contribution in [0.1, 0.15) is 19.6 Å². The number of thioether (sulfide) groups is 1. The lowest BCUT2D eigenvalue weighted by Gasteiger charge is -2.11. The van der Waals surface area contributed by atoms with E-state index in [0.717, 1.165) is 0 Å². The number of rotatable bonds is 5. The summed E-state index contributed by atoms with van der Waals surface area (Å²) in [5, 5.41) is 11.6. The molecule has 3 rings (SSSR count). The summed E-state index contributed by atoms with van der Waals surface area (Å²) in [6, 6.07) is 8.00. The summed E-state index contributed by atoms with van der Waals surface area (Å²) in [4.78, 5) is 29.4. The van der Waals surface area contributed by atoms with Crippen LogP contribution in [0.5, 0.6) is 0 Å². The number of nitrogens with zero attached hydrogens (tertiary/aromatic N) is 3. The number of aliphatic imine (C=N–C) groups is 1. The molecule has 0 radical (unpaired) electrons. The first-order chi connectivity index (χ1) is 12.9. The van der Waals surface area contributed by atoms with Crippen molar-refractivity contribution in [1.29, 1.82) is 0 Å². The zero-order chi connectivity index (χ0) is 19.6. The van der Waals surface area contributed by atoms with E-state index in [1.54, 1.807) is 29.2 Å². The molecule has 2 aromatic rings. The lowest BCUT2D eigenvalue weighted by atomic mass is 10.1. The third-order valence-electron chi connectivity index (χ3n) is 3.83. The van der Waals surface area contributed by atoms with Gasteiger partial charge < -0.3 is 4.42 Å². The molecule has 1 fully saturated rings. The van der Waals surface area contributed by atoms with Crippen molar-refractivity contribution in [2.24, 2.45) is 4.99 Å². The summed E-state index contributed by atoms with van der Waals surface area (Å²) < 4.78 is 6.39. The highest BCUT2D eigenvalue weighted by molar-refractivity contribution is 9.10. The number of hydrogen-bond donors (Lipinski definition) is 0. The fourth-order valence-electron chi connectivity index (χ4n) is 2.56. The van der Waals surface area contributed by atoms with Gasteiger partial charge in [0.1, 0.15) is 11.5 Å². The van der Waals surface area contributed by atoms with Crippen molar-refractivity contribution in [2.75, 3.05) is 13.1 Å². The Morgan fingerprint density at radius 1 is 1.33 bits per heavy atom. The van der Waals surface area contributed by atoms with E-state index in [-0.39, 0.29) is 11.6 Å². The molecule has 0 N–H and O–H groups in total. The lowest BCUT2D eigenvalue weighted by Crippen LogP contribution is -2.28. The number of likely N-dealkylation sites (N-methyl/N-ethyl adjacent to an activating group) is 1. The average Bonchev–Trinajstić information content (AvgIpc) is 3.20. The third kappa shape index (κ3) is 3.98. The molecule has 9 heteroatoms. The Morgan fingerprint density at radius 2 is 2.11 bits per heavy atom. The number of non-ortho nitro benzene ring substituents is 1. The molecule has 0 saturated carbocycles. The number of amidine groups is 1. The van der Waals surface area contributed by atoms with Crippen LogP contribution in [-0.2, 0) is 4.79 Å². The maximum absolute atomic E-state index is 12.5. The molecular formula is C18H16BrN3O4S. The van der Waals surface area contributed by atoms with E-state index in [9.17, 15) is 14.9 Å². The molecule has 1 aromatic heterocycles. The molecule has 1 aliphatic rings. The van der Waals surface area contributed by atoms with Crippen molar-refractivity contribution in [1.82, 2.24) is 4.90 Å². The monoisotopic (exact) mass is 449 g/mol. The number of hydrogen-bond acceptors (Lipinski definition) is 6. The number of carbonyl (C=O) groups excluding carboxylic acids is 1. The summed E-state index contributed by atoms with van der Waals surface area (Å²) in [6.45, 7) is 5.00. The Hall–Kier alpha value is -2.39. The number of nitro benzene ring substituents is 1. The van der Waals surface area contributed by atoms with E-state index in [1.165, 1.54) is 23.9 Å². The fraction of sp³-hybridized carbons (Fsp3) is 0.222. The van der Waals surface area contributed by atoms with Gasteiger partial charge in [-0.25, -0.2) is 0 Å². The van der Waals surface area contributed by atoms with Gasteiger partial charge >= 0.3 is 0 Å². The molecule has 0 spiro atoms. The number of carbonyl (C=O) groups is 1. The van der Waals surface area contributed by atoms with Crippen LogP contribution >= 0.6 is 27.7 Å². The summed E-state index contributed by atoms with van der Waals surface area (Å²) in [7, 11) is 0. The quantitative estimate of drug-likeness (QED) is 0.366. The molecule has 7 nitrogen and oxygen atoms in total. The Morgan fingerprint density at radius 3 is 2.74 bits per heavy atom. The van der Waals surface area contributed by atoms with Crippen molar-refractivity contribution in [3.63, 3.8) is 0 Å². The lowest BCUT2D eigenvalue weighted by molar-refractivity contribution is -0.384. The molecule has 2 heterocycles. The van der Waals surface area contributed by atoms with E-state index in [0.29, 0.717) is 44.7 Å². The van der Waals surface area contributed by atoms with Crippen molar-refractivity contribution in [3.05, 3.63) is 55.6 Å². The predicted molar refractivity (Wildman–Crippen MR) is 109 cm³/mol. The first-order valence-electron chi connectivity index (χ1n) is 8.24. The molecular weight excluding hydrogens is 434 g/mol. The predicted octanol–water partition coefficient (Wildman–Crippen LogP) is 4.93. The molecule has 1 saturated heterocycles. The molecule has 1 amide bonds. The highest BCUT2D eigenvalue weighted by atomic mass is 79.9. The molecule has 27 heavy (non-hydrogen) atoms. The van der Waals surface area contributed by atoms with Crippen LogP contribution < -0.4 is 0 Å². The smallest absolute Gasteiger partial charge is 0.270 e. The minimum Gasteiger partial charge on any atom is -0.457 e. The van der Waals surface area contributed by atoms with Crippen LogP contribution in [-0.4, -0.2) is 34.0 Å². The van der Waals surface area contributed by atoms with Gasteiger partial charge in [0.05, 0.1) is 9.83 Å². The maximum Gasteiger partial charge on any atom is 0.270 e. The van der Waals surface area contributed by atoms with Crippen molar-refractivity contribution in [3.8, 4) is 11.3 Å². The molecule has 0 bridgehead atoms. The Balaban J connectivity index is 1.89. The SMILES string of the molecule is CCN=C1S/C(=C\c2ccc(-c3ccc([N+](=O)[O-])cc3Br)o2)C(=O)N1CC. The number of benzene rings is 1. The van der Waals surface area contributed by atoms with Crippen LogP contribution in [0.15, 0.2) is 49.1 Å². The molecule has 0 aliphatic carbocycles. The van der Waals surface area contributed by atoms with Gasteiger partial charge in [-0.2, -0.15) is 0 Å². The van der Waals surface area contributed by atoms with Crippen LogP contribution in [0.4, 0.5) is 5.69 Å². The summed E-state index contributed by atoms with van der Waals surface area (Å²) in [5.41, 5.74) is 0.689. The minimum atomic E-state index is -0.454. The fourth-order valence-corrected chi connectivity index (χ4v) is 4.21.